The highest BCUT2D eigenvalue weighted by molar-refractivity contribution is 7.71. The van der Waals surface area contributed by atoms with Gasteiger partial charge in [-0.1, -0.05) is 31.2 Å². The third-order valence-electron chi connectivity index (χ3n) is 3.75. The van der Waals surface area contributed by atoms with Crippen LogP contribution in [0.15, 0.2) is 24.3 Å². The maximum absolute atomic E-state index is 5.47. The first-order valence-corrected chi connectivity index (χ1v) is 7.21. The molecule has 0 atom stereocenters. The van der Waals surface area contributed by atoms with E-state index in [1.54, 1.807) is 0 Å². The molecule has 3 aromatic rings. The first kappa shape index (κ1) is 13.1. The summed E-state index contributed by atoms with van der Waals surface area (Å²) in [6.07, 6.45) is 1.03. The lowest BCUT2D eigenvalue weighted by Gasteiger charge is -2.09. The third-order valence-corrected chi connectivity index (χ3v) is 4.07. The molecule has 3 rings (SSSR count). The van der Waals surface area contributed by atoms with Crippen molar-refractivity contribution in [3.8, 4) is 0 Å². The number of fused-ring (bicyclic) bond motifs is 1. The van der Waals surface area contributed by atoms with E-state index < -0.39 is 0 Å². The van der Waals surface area contributed by atoms with Crippen LogP contribution in [0.2, 0.25) is 0 Å². The summed E-state index contributed by atoms with van der Waals surface area (Å²) in [7, 11) is 1.96. The summed E-state index contributed by atoms with van der Waals surface area (Å²) in [6.45, 7) is 4.96. The van der Waals surface area contributed by atoms with Crippen LogP contribution >= 0.6 is 12.2 Å². The average Bonchev–Trinajstić information content (AvgIpc) is 2.90. The average molecular weight is 286 g/mol. The number of rotatable bonds is 3. The number of hydrogen-bond donors (Lipinski definition) is 1. The molecule has 0 bridgehead atoms. The summed E-state index contributed by atoms with van der Waals surface area (Å²) in [5.41, 5.74) is 5.74. The minimum absolute atomic E-state index is 0.752. The number of nitrogens with one attached hydrogen (secondary N) is 1. The van der Waals surface area contributed by atoms with Crippen molar-refractivity contribution >= 4 is 23.4 Å². The summed E-state index contributed by atoms with van der Waals surface area (Å²) in [4.78, 5) is 3.27. The van der Waals surface area contributed by atoms with E-state index in [1.165, 1.54) is 11.1 Å². The Morgan fingerprint density at radius 1 is 1.25 bits per heavy atom. The standard InChI is InChI=1S/C15H18N4S/c1-4-11-7-5-6-8-12(11)9-19-14-13(16-15(19)20)10(2)17-18(14)3/h5-8H,4,9H2,1-3H3,(H,16,20). The van der Waals surface area contributed by atoms with Crippen LogP contribution in [0.3, 0.4) is 0 Å². The van der Waals surface area contributed by atoms with Crippen molar-refractivity contribution in [1.29, 1.82) is 0 Å². The summed E-state index contributed by atoms with van der Waals surface area (Å²) < 4.78 is 4.77. The molecule has 20 heavy (non-hydrogen) atoms. The summed E-state index contributed by atoms with van der Waals surface area (Å²) in [5.74, 6) is 0. The molecule has 1 aromatic carbocycles. The van der Waals surface area contributed by atoms with E-state index >= 15 is 0 Å². The zero-order valence-electron chi connectivity index (χ0n) is 12.0. The second-order valence-corrected chi connectivity index (χ2v) is 5.43. The number of aromatic amines is 1. The first-order chi connectivity index (χ1) is 9.61. The molecule has 0 aliphatic heterocycles. The molecule has 0 saturated heterocycles. The van der Waals surface area contributed by atoms with Crippen LogP contribution in [0.5, 0.6) is 0 Å². The highest BCUT2D eigenvalue weighted by Crippen LogP contribution is 2.19. The Kier molecular flexibility index (Phi) is 3.22. The van der Waals surface area contributed by atoms with Crippen molar-refractivity contribution in [2.75, 3.05) is 0 Å². The van der Waals surface area contributed by atoms with E-state index in [2.05, 4.69) is 45.8 Å². The minimum atomic E-state index is 0.752. The van der Waals surface area contributed by atoms with Gasteiger partial charge in [0, 0.05) is 7.05 Å². The van der Waals surface area contributed by atoms with E-state index in [-0.39, 0.29) is 0 Å². The summed E-state index contributed by atoms with van der Waals surface area (Å²) in [6, 6.07) is 8.51. The molecule has 0 amide bonds. The Labute approximate surface area is 123 Å². The van der Waals surface area contributed by atoms with Crippen LogP contribution in [0, 0.1) is 11.7 Å². The predicted molar refractivity (Wildman–Crippen MR) is 83.5 cm³/mol. The van der Waals surface area contributed by atoms with E-state index in [0.29, 0.717) is 0 Å². The Balaban J connectivity index is 2.16. The Morgan fingerprint density at radius 3 is 2.65 bits per heavy atom. The number of nitrogens with zero attached hydrogens (tertiary/aromatic N) is 3. The van der Waals surface area contributed by atoms with Gasteiger partial charge in [-0.2, -0.15) is 5.10 Å². The lowest BCUT2D eigenvalue weighted by atomic mass is 10.1. The minimum Gasteiger partial charge on any atom is -0.328 e. The smallest absolute Gasteiger partial charge is 0.179 e. The van der Waals surface area contributed by atoms with E-state index in [1.807, 2.05) is 18.7 Å². The fourth-order valence-corrected chi connectivity index (χ4v) is 3.00. The Morgan fingerprint density at radius 2 is 1.95 bits per heavy atom. The van der Waals surface area contributed by atoms with Gasteiger partial charge in [0.2, 0.25) is 0 Å². The van der Waals surface area contributed by atoms with Crippen LogP contribution in [0.25, 0.3) is 11.2 Å². The molecule has 0 unspecified atom stereocenters. The topological polar surface area (TPSA) is 38.5 Å². The Hall–Kier alpha value is -1.88. The van der Waals surface area contributed by atoms with Gasteiger partial charge in [0.15, 0.2) is 10.4 Å². The van der Waals surface area contributed by atoms with Gasteiger partial charge in [-0.3, -0.25) is 9.25 Å². The number of imidazole rings is 1. The molecular formula is C15H18N4S. The largest absolute Gasteiger partial charge is 0.328 e. The number of H-pyrrole nitrogens is 1. The molecule has 0 radical (unpaired) electrons. The molecule has 104 valence electrons. The zero-order chi connectivity index (χ0) is 14.3. The maximum Gasteiger partial charge on any atom is 0.179 e. The number of aryl methyl sites for hydroxylation is 3. The lowest BCUT2D eigenvalue weighted by Crippen LogP contribution is -2.06. The second-order valence-electron chi connectivity index (χ2n) is 5.05. The van der Waals surface area contributed by atoms with Gasteiger partial charge >= 0.3 is 0 Å². The van der Waals surface area contributed by atoms with E-state index in [4.69, 9.17) is 12.2 Å². The van der Waals surface area contributed by atoms with Crippen molar-refractivity contribution in [3.05, 3.63) is 45.9 Å². The molecule has 5 heteroatoms. The van der Waals surface area contributed by atoms with Crippen molar-refractivity contribution < 1.29 is 0 Å². The third kappa shape index (κ3) is 1.98. The molecule has 0 aliphatic rings. The number of aromatic nitrogens is 4. The normalized spacial score (nSPS) is 11.3. The van der Waals surface area contributed by atoms with Gasteiger partial charge < -0.3 is 4.98 Å². The lowest BCUT2D eigenvalue weighted by molar-refractivity contribution is 0.712. The molecule has 0 fully saturated rings. The highest BCUT2D eigenvalue weighted by Gasteiger charge is 2.13. The maximum atomic E-state index is 5.47. The van der Waals surface area contributed by atoms with Gasteiger partial charge in [-0.15, -0.1) is 0 Å². The van der Waals surface area contributed by atoms with Crippen LogP contribution in [0.4, 0.5) is 0 Å². The van der Waals surface area contributed by atoms with Gasteiger partial charge in [0.1, 0.15) is 5.52 Å². The van der Waals surface area contributed by atoms with Crippen molar-refractivity contribution in [3.63, 3.8) is 0 Å². The highest BCUT2D eigenvalue weighted by atomic mass is 32.1. The quantitative estimate of drug-likeness (QED) is 0.750. The molecule has 0 aliphatic carbocycles. The fraction of sp³-hybridized carbons (Fsp3) is 0.333. The Bertz CT molecular complexity index is 822. The van der Waals surface area contributed by atoms with Crippen molar-refractivity contribution in [2.45, 2.75) is 26.8 Å². The number of hydrogen-bond acceptors (Lipinski definition) is 2. The zero-order valence-corrected chi connectivity index (χ0v) is 12.8. The number of benzene rings is 1. The monoisotopic (exact) mass is 286 g/mol. The molecule has 2 heterocycles. The van der Waals surface area contributed by atoms with E-state index in [9.17, 15) is 0 Å². The van der Waals surface area contributed by atoms with Crippen molar-refractivity contribution in [2.24, 2.45) is 7.05 Å². The molecule has 4 nitrogen and oxygen atoms in total. The van der Waals surface area contributed by atoms with Gasteiger partial charge in [0.05, 0.1) is 12.2 Å². The summed E-state index contributed by atoms with van der Waals surface area (Å²) in [5, 5.41) is 4.45. The van der Waals surface area contributed by atoms with Crippen LogP contribution in [-0.2, 0) is 20.0 Å². The SMILES string of the molecule is CCc1ccccc1Cn1c(=S)[nH]c2c(C)nn(C)c21. The van der Waals surface area contributed by atoms with Gasteiger partial charge in [-0.05, 0) is 36.7 Å². The van der Waals surface area contributed by atoms with Crippen LogP contribution < -0.4 is 0 Å². The van der Waals surface area contributed by atoms with Gasteiger partial charge in [0.25, 0.3) is 0 Å². The molecule has 0 saturated carbocycles. The molecular weight excluding hydrogens is 268 g/mol. The van der Waals surface area contributed by atoms with Gasteiger partial charge in [-0.25, -0.2) is 0 Å². The molecule has 2 aromatic heterocycles. The fourth-order valence-electron chi connectivity index (χ4n) is 2.75. The second kappa shape index (κ2) is 4.90. The van der Waals surface area contributed by atoms with Crippen LogP contribution in [-0.4, -0.2) is 19.3 Å². The molecule has 1 N–H and O–H groups in total. The van der Waals surface area contributed by atoms with E-state index in [0.717, 1.165) is 34.6 Å². The summed E-state index contributed by atoms with van der Waals surface area (Å²) >= 11 is 5.47. The molecule has 0 spiro atoms. The van der Waals surface area contributed by atoms with Crippen molar-refractivity contribution in [1.82, 2.24) is 19.3 Å². The first-order valence-electron chi connectivity index (χ1n) is 6.80. The van der Waals surface area contributed by atoms with Crippen LogP contribution in [0.1, 0.15) is 23.7 Å². The predicted octanol–water partition coefficient (Wildman–Crippen LogP) is 3.35.